The van der Waals surface area contributed by atoms with Gasteiger partial charge in [0.25, 0.3) is 0 Å². The predicted octanol–water partition coefficient (Wildman–Crippen LogP) is 3.40. The average Bonchev–Trinajstić information content (AvgIpc) is 2.15. The number of rotatable bonds is 6. The summed E-state index contributed by atoms with van der Waals surface area (Å²) in [6, 6.07) is 1.83. The second-order valence-corrected chi connectivity index (χ2v) is 5.06. The molecule has 0 radical (unpaired) electrons. The summed E-state index contributed by atoms with van der Waals surface area (Å²) in [5.41, 5.74) is -0.485. The molecule has 0 aromatic carbocycles. The van der Waals surface area contributed by atoms with E-state index >= 15 is 0 Å². The maximum absolute atomic E-state index is 11.3. The Hall–Kier alpha value is -1.50. The number of carboxylic acid groups (broad SMARTS) is 1. The van der Waals surface area contributed by atoms with E-state index in [4.69, 9.17) is 5.26 Å². The van der Waals surface area contributed by atoms with Crippen molar-refractivity contribution in [2.45, 2.75) is 58.0 Å². The number of carbonyl (C=O) groups is 1. The molecule has 17 heavy (non-hydrogen) atoms. The molecule has 0 heterocycles. The van der Waals surface area contributed by atoms with Crippen LogP contribution in [0.4, 0.5) is 4.79 Å². The third kappa shape index (κ3) is 5.39. The smallest absolute Gasteiger partial charge is 0.408 e. The highest BCUT2D eigenvalue weighted by Gasteiger charge is 2.32. The lowest BCUT2D eigenvalue weighted by atomic mass is 9.98. The van der Waals surface area contributed by atoms with Gasteiger partial charge in [-0.05, 0) is 40.0 Å². The summed E-state index contributed by atoms with van der Waals surface area (Å²) in [7, 11) is 0. The van der Waals surface area contributed by atoms with Crippen molar-refractivity contribution < 1.29 is 9.90 Å². The Labute approximate surface area is 104 Å². The number of hydrogen-bond donors (Lipinski definition) is 1. The topological polar surface area (TPSA) is 64.3 Å². The van der Waals surface area contributed by atoms with Gasteiger partial charge in [-0.2, -0.15) is 5.26 Å². The lowest BCUT2D eigenvalue weighted by molar-refractivity contribution is 0.0679. The molecule has 4 nitrogen and oxygen atoms in total. The number of hydrogen-bond acceptors (Lipinski definition) is 2. The maximum Gasteiger partial charge on any atom is 0.408 e. The largest absolute Gasteiger partial charge is 0.465 e. The number of amides is 1. The van der Waals surface area contributed by atoms with Crippen LogP contribution in [0.25, 0.3) is 0 Å². The molecule has 1 unspecified atom stereocenters. The van der Waals surface area contributed by atoms with E-state index in [1.54, 1.807) is 0 Å². The third-order valence-corrected chi connectivity index (χ3v) is 2.57. The van der Waals surface area contributed by atoms with Crippen molar-refractivity contribution in [1.82, 2.24) is 4.90 Å². The highest BCUT2D eigenvalue weighted by Crippen LogP contribution is 2.22. The summed E-state index contributed by atoms with van der Waals surface area (Å²) in [5, 5.41) is 18.1. The molecule has 0 bridgehead atoms. The van der Waals surface area contributed by atoms with Crippen molar-refractivity contribution in [3.63, 3.8) is 0 Å². The summed E-state index contributed by atoms with van der Waals surface area (Å²) < 4.78 is 0. The standard InChI is InChI=1S/C13H22N2O2/c1-5-6-7-8-11(9-10-14)15(12(16)17)13(2,3)4/h5,11H,1,6-9H2,2-4H3,(H,16,17). The summed E-state index contributed by atoms with van der Waals surface area (Å²) in [5.74, 6) is 0. The summed E-state index contributed by atoms with van der Waals surface area (Å²) >= 11 is 0. The first kappa shape index (κ1) is 15.5. The van der Waals surface area contributed by atoms with Gasteiger partial charge in [0, 0.05) is 11.6 Å². The van der Waals surface area contributed by atoms with Gasteiger partial charge in [0.1, 0.15) is 0 Å². The fraction of sp³-hybridized carbons (Fsp3) is 0.692. The number of nitriles is 1. The zero-order valence-corrected chi connectivity index (χ0v) is 10.9. The monoisotopic (exact) mass is 238 g/mol. The van der Waals surface area contributed by atoms with Crippen LogP contribution in [-0.4, -0.2) is 27.7 Å². The van der Waals surface area contributed by atoms with Crippen LogP contribution in [0.1, 0.15) is 46.5 Å². The number of allylic oxidation sites excluding steroid dienone is 1. The molecule has 0 saturated heterocycles. The Morgan fingerprint density at radius 3 is 2.53 bits per heavy atom. The van der Waals surface area contributed by atoms with E-state index in [2.05, 4.69) is 12.6 Å². The highest BCUT2D eigenvalue weighted by atomic mass is 16.4. The zero-order valence-electron chi connectivity index (χ0n) is 10.9. The van der Waals surface area contributed by atoms with Crippen molar-refractivity contribution in [3.8, 4) is 6.07 Å². The molecular weight excluding hydrogens is 216 g/mol. The van der Waals surface area contributed by atoms with Crippen molar-refractivity contribution in [2.24, 2.45) is 0 Å². The van der Waals surface area contributed by atoms with E-state index in [0.717, 1.165) is 12.8 Å². The molecule has 0 aromatic heterocycles. The maximum atomic E-state index is 11.3. The first-order valence-corrected chi connectivity index (χ1v) is 5.84. The van der Waals surface area contributed by atoms with E-state index in [9.17, 15) is 9.90 Å². The fourth-order valence-corrected chi connectivity index (χ4v) is 1.92. The highest BCUT2D eigenvalue weighted by molar-refractivity contribution is 5.66. The molecule has 0 spiro atoms. The van der Waals surface area contributed by atoms with Gasteiger partial charge in [-0.25, -0.2) is 4.79 Å². The lowest BCUT2D eigenvalue weighted by Crippen LogP contribution is -2.51. The predicted molar refractivity (Wildman–Crippen MR) is 67.7 cm³/mol. The van der Waals surface area contributed by atoms with Crippen LogP contribution in [0.2, 0.25) is 0 Å². The minimum absolute atomic E-state index is 0.237. The minimum atomic E-state index is -0.962. The van der Waals surface area contributed by atoms with Gasteiger partial charge >= 0.3 is 6.09 Å². The van der Waals surface area contributed by atoms with Crippen LogP contribution in [0, 0.1) is 11.3 Å². The van der Waals surface area contributed by atoms with Crippen molar-refractivity contribution in [2.75, 3.05) is 0 Å². The molecular formula is C13H22N2O2. The Kier molecular flexibility index (Phi) is 6.34. The Bertz CT molecular complexity index is 300. The zero-order chi connectivity index (χ0) is 13.5. The second-order valence-electron chi connectivity index (χ2n) is 5.06. The summed E-state index contributed by atoms with van der Waals surface area (Å²) in [6.45, 7) is 9.18. The van der Waals surface area contributed by atoms with E-state index in [0.29, 0.717) is 6.42 Å². The van der Waals surface area contributed by atoms with E-state index < -0.39 is 11.6 Å². The molecule has 96 valence electrons. The number of unbranched alkanes of at least 4 members (excludes halogenated alkanes) is 1. The quantitative estimate of drug-likeness (QED) is 0.569. The fourth-order valence-electron chi connectivity index (χ4n) is 1.92. The van der Waals surface area contributed by atoms with Crippen molar-refractivity contribution in [3.05, 3.63) is 12.7 Å². The van der Waals surface area contributed by atoms with Gasteiger partial charge in [-0.3, -0.25) is 4.90 Å². The van der Waals surface area contributed by atoms with Gasteiger partial charge < -0.3 is 5.11 Å². The van der Waals surface area contributed by atoms with Crippen LogP contribution in [0.3, 0.4) is 0 Å². The summed E-state index contributed by atoms with van der Waals surface area (Å²) in [6.07, 6.45) is 3.49. The molecule has 0 aliphatic carbocycles. The van der Waals surface area contributed by atoms with Gasteiger partial charge in [0.05, 0.1) is 12.5 Å². The first-order valence-electron chi connectivity index (χ1n) is 5.84. The van der Waals surface area contributed by atoms with Crippen molar-refractivity contribution >= 4 is 6.09 Å². The molecule has 4 heteroatoms. The minimum Gasteiger partial charge on any atom is -0.465 e. The Balaban J connectivity index is 4.78. The van der Waals surface area contributed by atoms with Gasteiger partial charge in [-0.1, -0.05) is 6.08 Å². The second kappa shape index (κ2) is 6.95. The van der Waals surface area contributed by atoms with E-state index in [1.165, 1.54) is 4.90 Å². The Morgan fingerprint density at radius 1 is 1.59 bits per heavy atom. The van der Waals surface area contributed by atoms with Gasteiger partial charge in [0.2, 0.25) is 0 Å². The SMILES string of the molecule is C=CCCCC(CC#N)N(C(=O)O)C(C)(C)C. The van der Waals surface area contributed by atoms with Crippen LogP contribution in [0.5, 0.6) is 0 Å². The molecule has 0 rings (SSSR count). The molecule has 0 aliphatic heterocycles. The molecule has 1 N–H and O–H groups in total. The van der Waals surface area contributed by atoms with Crippen LogP contribution in [0.15, 0.2) is 12.7 Å². The third-order valence-electron chi connectivity index (χ3n) is 2.57. The first-order chi connectivity index (χ1) is 7.84. The lowest BCUT2D eigenvalue weighted by Gasteiger charge is -2.38. The average molecular weight is 238 g/mol. The molecule has 0 saturated carbocycles. The van der Waals surface area contributed by atoms with Crippen LogP contribution in [-0.2, 0) is 0 Å². The number of nitrogens with zero attached hydrogens (tertiary/aromatic N) is 2. The molecule has 0 aromatic rings. The normalized spacial score (nSPS) is 12.6. The van der Waals surface area contributed by atoms with Crippen molar-refractivity contribution in [1.29, 1.82) is 5.26 Å². The van der Waals surface area contributed by atoms with Crippen LogP contribution >= 0.6 is 0 Å². The molecule has 0 fully saturated rings. The molecule has 1 amide bonds. The molecule has 1 atom stereocenters. The Morgan fingerprint density at radius 2 is 2.18 bits per heavy atom. The van der Waals surface area contributed by atoms with E-state index in [1.807, 2.05) is 26.8 Å². The van der Waals surface area contributed by atoms with Gasteiger partial charge in [0.15, 0.2) is 0 Å². The summed E-state index contributed by atoms with van der Waals surface area (Å²) in [4.78, 5) is 12.7. The molecule has 0 aliphatic rings. The van der Waals surface area contributed by atoms with E-state index in [-0.39, 0.29) is 12.5 Å². The van der Waals surface area contributed by atoms with Crippen LogP contribution < -0.4 is 0 Å². The van der Waals surface area contributed by atoms with Gasteiger partial charge in [-0.15, -0.1) is 6.58 Å².